The van der Waals surface area contributed by atoms with Gasteiger partial charge in [-0.05, 0) is 36.0 Å². The molecule has 1 aromatic carbocycles. The maximum Gasteiger partial charge on any atom is 0 e. The average molecular weight is 292 g/mol. The molecule has 0 saturated carbocycles. The largest absolute Gasteiger partial charge is 0.331 e. The minimum absolute atomic E-state index is 0. The molecule has 1 heteroatoms. The van der Waals surface area contributed by atoms with Crippen LogP contribution in [0.25, 0.3) is 0 Å². The molecule has 0 aromatic heterocycles. The van der Waals surface area contributed by atoms with E-state index in [-0.39, 0.29) is 32.7 Å². The summed E-state index contributed by atoms with van der Waals surface area (Å²) in [6.45, 7) is 8.90. The minimum Gasteiger partial charge on any atom is -0.331 e. The van der Waals surface area contributed by atoms with Gasteiger partial charge in [-0.1, -0.05) is 38.5 Å². The van der Waals surface area contributed by atoms with E-state index in [1.54, 1.807) is 0 Å². The summed E-state index contributed by atoms with van der Waals surface area (Å²) in [5.41, 5.74) is 4.43. The van der Waals surface area contributed by atoms with Crippen LogP contribution in [0, 0.1) is 19.3 Å². The summed E-state index contributed by atoms with van der Waals surface area (Å²) in [4.78, 5) is 0. The second kappa shape index (κ2) is 8.42. The summed E-state index contributed by atoms with van der Waals surface area (Å²) in [5.74, 6) is 0.749. The van der Waals surface area contributed by atoms with Gasteiger partial charge in [0, 0.05) is 32.7 Å². The zero-order valence-electron chi connectivity index (χ0n) is 11.1. The first-order chi connectivity index (χ1) is 7.13. The van der Waals surface area contributed by atoms with E-state index < -0.39 is 0 Å². The third-order valence-corrected chi connectivity index (χ3v) is 2.75. The molecular weight excluding hydrogens is 269 g/mol. The van der Waals surface area contributed by atoms with Gasteiger partial charge >= 0.3 is 0 Å². The molecule has 0 bridgehead atoms. The molecule has 0 atom stereocenters. The molecule has 1 radical (unpaired) electrons. The van der Waals surface area contributed by atoms with Crippen LogP contribution in [0.5, 0.6) is 0 Å². The third-order valence-electron chi connectivity index (χ3n) is 2.75. The van der Waals surface area contributed by atoms with Crippen LogP contribution in [0.15, 0.2) is 18.2 Å². The minimum atomic E-state index is 0. The van der Waals surface area contributed by atoms with Gasteiger partial charge in [0.2, 0.25) is 0 Å². The monoisotopic (exact) mass is 292 g/mol. The van der Waals surface area contributed by atoms with Crippen LogP contribution in [-0.4, -0.2) is 0 Å². The summed E-state index contributed by atoms with van der Waals surface area (Å²) >= 11 is 0. The zero-order valence-corrected chi connectivity index (χ0v) is 13.9. The predicted octanol–water partition coefficient (Wildman–Crippen LogP) is 4.35. The first-order valence-electron chi connectivity index (χ1n) is 5.99. The van der Waals surface area contributed by atoms with Crippen molar-refractivity contribution in [3.05, 3.63) is 41.3 Å². The smallest absolute Gasteiger partial charge is 0 e. The second-order valence-corrected chi connectivity index (χ2v) is 4.81. The Morgan fingerprint density at radius 1 is 1.25 bits per heavy atom. The van der Waals surface area contributed by atoms with Crippen molar-refractivity contribution in [1.29, 1.82) is 0 Å². The van der Waals surface area contributed by atoms with E-state index in [0.717, 1.165) is 5.92 Å². The van der Waals surface area contributed by atoms with Gasteiger partial charge in [-0.3, -0.25) is 0 Å². The van der Waals surface area contributed by atoms with Gasteiger partial charge in [0.15, 0.2) is 0 Å². The van der Waals surface area contributed by atoms with Crippen LogP contribution in [0.3, 0.4) is 0 Å². The summed E-state index contributed by atoms with van der Waals surface area (Å²) < 4.78 is 0. The number of hydrogen-bond acceptors (Lipinski definition) is 0. The van der Waals surface area contributed by atoms with E-state index >= 15 is 0 Å². The van der Waals surface area contributed by atoms with Gasteiger partial charge in [0.1, 0.15) is 0 Å². The molecule has 0 amide bonds. The van der Waals surface area contributed by atoms with Crippen molar-refractivity contribution in [2.45, 2.75) is 47.0 Å². The molecule has 0 aliphatic heterocycles. The Balaban J connectivity index is 0.00000225. The van der Waals surface area contributed by atoms with Gasteiger partial charge in [-0.25, -0.2) is 0 Å². The quantitative estimate of drug-likeness (QED) is 0.708. The molecule has 87 valence electrons. The van der Waals surface area contributed by atoms with Crippen LogP contribution >= 0.6 is 0 Å². The van der Waals surface area contributed by atoms with Gasteiger partial charge in [-0.2, -0.15) is 13.3 Å². The van der Waals surface area contributed by atoms with Gasteiger partial charge in [-0.15, -0.1) is 0 Å². The van der Waals surface area contributed by atoms with Crippen molar-refractivity contribution >= 4 is 0 Å². The molecule has 0 N–H and O–H groups in total. The molecule has 1 rings (SSSR count). The van der Waals surface area contributed by atoms with Gasteiger partial charge < -0.3 is 6.42 Å². The van der Waals surface area contributed by atoms with Gasteiger partial charge in [0.25, 0.3) is 0 Å². The van der Waals surface area contributed by atoms with Gasteiger partial charge in [0.05, 0.1) is 0 Å². The standard InChI is InChI=1S/C15H23.Y/c1-5-6-7-15-9-8-14(10-12(2)3)11-13(15)4;/h5,8-9,11-12H,6-7,10H2,1-4H3;/q-1;. The number of hydrogen-bond donors (Lipinski definition) is 0. The van der Waals surface area contributed by atoms with Crippen LogP contribution in [0.4, 0.5) is 0 Å². The number of unbranched alkanes of at least 4 members (excludes halogenated alkanes) is 1. The fourth-order valence-electron chi connectivity index (χ4n) is 1.94. The molecule has 0 heterocycles. The number of benzene rings is 1. The van der Waals surface area contributed by atoms with Crippen molar-refractivity contribution in [1.82, 2.24) is 0 Å². The molecule has 0 spiro atoms. The first kappa shape index (κ1) is 16.3. The average Bonchev–Trinajstić information content (AvgIpc) is 2.15. The van der Waals surface area contributed by atoms with Crippen LogP contribution in [0.1, 0.15) is 43.9 Å². The van der Waals surface area contributed by atoms with Crippen molar-refractivity contribution < 1.29 is 32.7 Å². The fourth-order valence-corrected chi connectivity index (χ4v) is 1.94. The maximum atomic E-state index is 2.35. The molecular formula is C15H23Y-. The fraction of sp³-hybridized carbons (Fsp3) is 0.533. The molecule has 0 saturated heterocycles. The molecule has 0 unspecified atom stereocenters. The Morgan fingerprint density at radius 3 is 2.44 bits per heavy atom. The summed E-state index contributed by atoms with van der Waals surface area (Å²) in [5, 5.41) is 0. The predicted molar refractivity (Wildman–Crippen MR) is 68.0 cm³/mol. The zero-order chi connectivity index (χ0) is 11.3. The van der Waals surface area contributed by atoms with E-state index in [2.05, 4.69) is 52.3 Å². The topological polar surface area (TPSA) is 0 Å². The molecule has 1 aromatic rings. The SMILES string of the molecule is C[CH-]CCc1ccc(CC(C)C)cc1C.[Y]. The van der Waals surface area contributed by atoms with Crippen molar-refractivity contribution in [3.63, 3.8) is 0 Å². The van der Waals surface area contributed by atoms with E-state index in [0.29, 0.717) is 0 Å². The number of rotatable bonds is 5. The van der Waals surface area contributed by atoms with E-state index in [1.807, 2.05) is 0 Å². The Bertz CT molecular complexity index is 302. The number of aryl methyl sites for hydroxylation is 2. The van der Waals surface area contributed by atoms with Crippen LogP contribution < -0.4 is 0 Å². The van der Waals surface area contributed by atoms with E-state index in [1.165, 1.54) is 36.0 Å². The van der Waals surface area contributed by atoms with Crippen molar-refractivity contribution in [2.75, 3.05) is 0 Å². The Kier molecular flexibility index (Phi) is 8.59. The Morgan fingerprint density at radius 2 is 1.94 bits per heavy atom. The van der Waals surface area contributed by atoms with Crippen molar-refractivity contribution in [3.8, 4) is 0 Å². The molecule has 0 aliphatic carbocycles. The Labute approximate surface area is 126 Å². The molecule has 0 aliphatic rings. The van der Waals surface area contributed by atoms with Crippen LogP contribution in [-0.2, 0) is 45.6 Å². The van der Waals surface area contributed by atoms with E-state index in [4.69, 9.17) is 0 Å². The van der Waals surface area contributed by atoms with Crippen LogP contribution in [0.2, 0.25) is 0 Å². The van der Waals surface area contributed by atoms with E-state index in [9.17, 15) is 0 Å². The Hall–Kier alpha value is 0.324. The maximum absolute atomic E-state index is 2.35. The second-order valence-electron chi connectivity index (χ2n) is 4.81. The summed E-state index contributed by atoms with van der Waals surface area (Å²) in [7, 11) is 0. The summed E-state index contributed by atoms with van der Waals surface area (Å²) in [6, 6.07) is 6.94. The summed E-state index contributed by atoms with van der Waals surface area (Å²) in [6.07, 6.45) is 5.80. The molecule has 0 fully saturated rings. The normalized spacial score (nSPS) is 10.3. The first-order valence-corrected chi connectivity index (χ1v) is 5.99. The van der Waals surface area contributed by atoms with Crippen molar-refractivity contribution in [2.24, 2.45) is 5.92 Å². The molecule has 0 nitrogen and oxygen atoms in total. The third kappa shape index (κ3) is 5.59. The molecule has 16 heavy (non-hydrogen) atoms.